The molecule has 4 aliphatic carbocycles. The van der Waals surface area contributed by atoms with Gasteiger partial charge in [-0.1, -0.05) is 17.7 Å². The van der Waals surface area contributed by atoms with Gasteiger partial charge >= 0.3 is 0 Å². The Bertz CT molecular complexity index is 542. The average molecular weight is 283 g/mol. The summed E-state index contributed by atoms with van der Waals surface area (Å²) in [7, 11) is 0. The Kier molecular flexibility index (Phi) is 2.52. The van der Waals surface area contributed by atoms with E-state index in [0.29, 0.717) is 11.3 Å². The summed E-state index contributed by atoms with van der Waals surface area (Å²) in [5.41, 5.74) is 2.00. The van der Waals surface area contributed by atoms with Crippen molar-refractivity contribution < 1.29 is 4.79 Å². The van der Waals surface area contributed by atoms with Gasteiger partial charge < -0.3 is 5.32 Å². The number of rotatable bonds is 0. The van der Waals surface area contributed by atoms with Gasteiger partial charge in [-0.15, -0.1) is 0 Å². The molecule has 5 rings (SSSR count). The number of hydrogen-bond donors (Lipinski definition) is 1. The van der Waals surface area contributed by atoms with E-state index >= 15 is 0 Å². The minimum Gasteiger partial charge on any atom is -0.353 e. The van der Waals surface area contributed by atoms with Gasteiger partial charge in [0.2, 0.25) is 5.91 Å². The number of amides is 1. The third-order valence-electron chi connectivity index (χ3n) is 7.32. The van der Waals surface area contributed by atoms with Crippen molar-refractivity contribution in [3.05, 3.63) is 23.8 Å². The van der Waals surface area contributed by atoms with Crippen LogP contribution in [-0.2, 0) is 4.79 Å². The van der Waals surface area contributed by atoms with Crippen molar-refractivity contribution in [1.29, 1.82) is 0 Å². The maximum atomic E-state index is 12.0. The Morgan fingerprint density at radius 1 is 1.10 bits per heavy atom. The molecular weight excluding hydrogens is 258 g/mol. The Morgan fingerprint density at radius 2 is 2.00 bits per heavy atom. The molecule has 3 fully saturated rings. The van der Waals surface area contributed by atoms with Crippen LogP contribution in [0.15, 0.2) is 23.8 Å². The lowest BCUT2D eigenvalue weighted by atomic mass is 9.53. The van der Waals surface area contributed by atoms with Gasteiger partial charge in [0.1, 0.15) is 0 Å². The average Bonchev–Trinajstić information content (AvgIpc) is 3.12. The third kappa shape index (κ3) is 1.74. The molecule has 1 amide bonds. The minimum absolute atomic E-state index is 0.174. The van der Waals surface area contributed by atoms with Crippen LogP contribution in [0.4, 0.5) is 0 Å². The van der Waals surface area contributed by atoms with E-state index in [9.17, 15) is 4.79 Å². The molecule has 1 N–H and O–H groups in total. The summed E-state index contributed by atoms with van der Waals surface area (Å²) in [4.78, 5) is 12.0. The predicted molar refractivity (Wildman–Crippen MR) is 82.4 cm³/mol. The molecule has 5 aliphatic rings. The molecule has 0 radical (unpaired) electrons. The summed E-state index contributed by atoms with van der Waals surface area (Å²) < 4.78 is 0. The summed E-state index contributed by atoms with van der Waals surface area (Å²) in [6, 6.07) is 0. The molecule has 2 nitrogen and oxygen atoms in total. The van der Waals surface area contributed by atoms with Crippen molar-refractivity contribution in [3.8, 4) is 0 Å². The second-order valence-electron chi connectivity index (χ2n) is 8.17. The Labute approximate surface area is 127 Å². The second-order valence-corrected chi connectivity index (χ2v) is 8.17. The van der Waals surface area contributed by atoms with Crippen LogP contribution >= 0.6 is 0 Å². The van der Waals surface area contributed by atoms with E-state index in [1.54, 1.807) is 5.57 Å². The van der Waals surface area contributed by atoms with Crippen LogP contribution in [-0.4, -0.2) is 12.5 Å². The molecule has 5 unspecified atom stereocenters. The molecule has 1 spiro atoms. The molecule has 0 bridgehead atoms. The van der Waals surface area contributed by atoms with Crippen LogP contribution < -0.4 is 5.32 Å². The van der Waals surface area contributed by atoms with E-state index < -0.39 is 0 Å². The van der Waals surface area contributed by atoms with Gasteiger partial charge in [0.25, 0.3) is 0 Å². The van der Waals surface area contributed by atoms with Crippen molar-refractivity contribution in [1.82, 2.24) is 5.32 Å². The van der Waals surface area contributed by atoms with Gasteiger partial charge in [-0.25, -0.2) is 0 Å². The Balaban J connectivity index is 1.54. The fraction of sp³-hybridized carbons (Fsp3) is 0.737. The molecule has 2 heteroatoms. The van der Waals surface area contributed by atoms with Gasteiger partial charge in [-0.2, -0.15) is 0 Å². The molecule has 5 atom stereocenters. The third-order valence-corrected chi connectivity index (χ3v) is 7.32. The second kappa shape index (κ2) is 4.24. The van der Waals surface area contributed by atoms with E-state index in [1.807, 2.05) is 6.08 Å². The van der Waals surface area contributed by atoms with Crippen molar-refractivity contribution >= 4 is 5.91 Å². The molecule has 1 heterocycles. The van der Waals surface area contributed by atoms with Crippen LogP contribution in [0.1, 0.15) is 44.9 Å². The first-order valence-electron chi connectivity index (χ1n) is 8.93. The first-order valence-corrected chi connectivity index (χ1v) is 8.93. The van der Waals surface area contributed by atoms with Crippen LogP contribution in [0.5, 0.6) is 0 Å². The normalized spacial score (nSPS) is 46.0. The quantitative estimate of drug-likeness (QED) is 0.678. The zero-order chi connectivity index (χ0) is 14.0. The highest BCUT2D eigenvalue weighted by Gasteiger charge is 2.58. The molecule has 1 aliphatic heterocycles. The van der Waals surface area contributed by atoms with Crippen molar-refractivity contribution in [2.45, 2.75) is 44.9 Å². The summed E-state index contributed by atoms with van der Waals surface area (Å²) >= 11 is 0. The van der Waals surface area contributed by atoms with Crippen LogP contribution in [0.3, 0.4) is 0 Å². The molecule has 0 aromatic rings. The topological polar surface area (TPSA) is 29.1 Å². The van der Waals surface area contributed by atoms with E-state index in [4.69, 9.17) is 0 Å². The fourth-order valence-corrected chi connectivity index (χ4v) is 6.26. The minimum atomic E-state index is 0.174. The highest BCUT2D eigenvalue weighted by molar-refractivity contribution is 5.89. The molecule has 21 heavy (non-hydrogen) atoms. The van der Waals surface area contributed by atoms with Crippen LogP contribution in [0.2, 0.25) is 0 Å². The first kappa shape index (κ1) is 12.5. The van der Waals surface area contributed by atoms with Gasteiger partial charge in [-0.05, 0) is 80.0 Å². The summed E-state index contributed by atoms with van der Waals surface area (Å²) in [6.07, 6.45) is 16.3. The standard InChI is InChI=1S/C19H25NO/c21-18-10-17-15(6-9-20-18)14-5-4-12-2-1-3-13(12)16(14)11-19(17)7-8-19/h1-2,10,12-16H,3-9,11H2,(H,20,21). The van der Waals surface area contributed by atoms with E-state index in [2.05, 4.69) is 17.5 Å². The smallest absolute Gasteiger partial charge is 0.243 e. The van der Waals surface area contributed by atoms with E-state index in [0.717, 1.165) is 30.2 Å². The van der Waals surface area contributed by atoms with Gasteiger partial charge in [-0.3, -0.25) is 4.79 Å². The number of carbonyl (C=O) groups excluding carboxylic acids is 1. The predicted octanol–water partition coefficient (Wildman–Crippen LogP) is 3.45. The van der Waals surface area contributed by atoms with E-state index in [-0.39, 0.29) is 5.91 Å². The van der Waals surface area contributed by atoms with E-state index in [1.165, 1.54) is 44.9 Å². The molecule has 0 aromatic heterocycles. The molecule has 112 valence electrons. The summed E-state index contributed by atoms with van der Waals surface area (Å²) in [5, 5.41) is 3.08. The number of carbonyl (C=O) groups is 1. The van der Waals surface area contributed by atoms with Crippen LogP contribution in [0, 0.1) is 35.0 Å². The fourth-order valence-electron chi connectivity index (χ4n) is 6.26. The largest absolute Gasteiger partial charge is 0.353 e. The molecule has 0 saturated heterocycles. The molecular formula is C19H25NO. The monoisotopic (exact) mass is 283 g/mol. The highest BCUT2D eigenvalue weighted by Crippen LogP contribution is 2.68. The van der Waals surface area contributed by atoms with Gasteiger partial charge in [0, 0.05) is 12.6 Å². The Morgan fingerprint density at radius 3 is 2.86 bits per heavy atom. The zero-order valence-electron chi connectivity index (χ0n) is 12.7. The number of hydrogen-bond acceptors (Lipinski definition) is 1. The lowest BCUT2D eigenvalue weighted by Gasteiger charge is -2.51. The number of nitrogens with one attached hydrogen (secondary N) is 1. The molecule has 3 saturated carbocycles. The summed E-state index contributed by atoms with van der Waals surface area (Å²) in [6.45, 7) is 0.884. The van der Waals surface area contributed by atoms with Crippen molar-refractivity contribution in [2.75, 3.05) is 6.54 Å². The maximum absolute atomic E-state index is 12.0. The SMILES string of the molecule is O=C1C=C2C(CCN1)C1CCC3C=CCC3C1CC21CC1. The van der Waals surface area contributed by atoms with Gasteiger partial charge in [0.15, 0.2) is 0 Å². The first-order chi connectivity index (χ1) is 10.3. The number of fused-ring (bicyclic) bond motifs is 6. The lowest BCUT2D eigenvalue weighted by molar-refractivity contribution is -0.116. The van der Waals surface area contributed by atoms with Gasteiger partial charge in [0.05, 0.1) is 0 Å². The van der Waals surface area contributed by atoms with Crippen LogP contribution in [0.25, 0.3) is 0 Å². The number of allylic oxidation sites excluding steroid dienone is 3. The lowest BCUT2D eigenvalue weighted by Crippen LogP contribution is -2.43. The molecule has 0 aromatic carbocycles. The maximum Gasteiger partial charge on any atom is 0.243 e. The zero-order valence-corrected chi connectivity index (χ0v) is 12.7. The Hall–Kier alpha value is -1.05. The summed E-state index contributed by atoms with van der Waals surface area (Å²) in [5.74, 6) is 4.46. The van der Waals surface area contributed by atoms with Crippen molar-refractivity contribution in [2.24, 2.45) is 35.0 Å². The van der Waals surface area contributed by atoms with Crippen molar-refractivity contribution in [3.63, 3.8) is 0 Å². The highest BCUT2D eigenvalue weighted by atomic mass is 16.1.